The summed E-state index contributed by atoms with van der Waals surface area (Å²) in [4.78, 5) is 23.8. The molecule has 0 spiro atoms. The summed E-state index contributed by atoms with van der Waals surface area (Å²) in [5.74, 6) is -0.0301. The number of benzene rings is 1. The van der Waals surface area contributed by atoms with Crippen LogP contribution in [0.1, 0.15) is 36.0 Å². The average molecular weight is 513 g/mol. The molecule has 2 N–H and O–H groups in total. The minimum Gasteiger partial charge on any atom is -0.417 e. The fourth-order valence-corrected chi connectivity index (χ4v) is 5.22. The van der Waals surface area contributed by atoms with E-state index in [-0.39, 0.29) is 28.9 Å². The molecule has 37 heavy (non-hydrogen) atoms. The number of imidazole rings is 1. The van der Waals surface area contributed by atoms with Crippen molar-refractivity contribution in [3.63, 3.8) is 0 Å². The number of likely N-dealkylation sites (tertiary alicyclic amines) is 1. The van der Waals surface area contributed by atoms with Gasteiger partial charge >= 0.3 is 6.61 Å². The van der Waals surface area contributed by atoms with Gasteiger partial charge in [0.1, 0.15) is 17.0 Å². The molecule has 1 aliphatic heterocycles. The number of aryl methyl sites for hydroxylation is 1. The Kier molecular flexibility index (Phi) is 5.82. The summed E-state index contributed by atoms with van der Waals surface area (Å²) in [5.41, 5.74) is 8.10. The zero-order valence-electron chi connectivity index (χ0n) is 20.3. The van der Waals surface area contributed by atoms with Gasteiger partial charge in [-0.3, -0.25) is 4.79 Å². The average Bonchev–Trinajstić information content (AvgIpc) is 3.53. The highest BCUT2D eigenvalue weighted by Crippen LogP contribution is 2.37. The zero-order valence-corrected chi connectivity index (χ0v) is 20.3. The van der Waals surface area contributed by atoms with Gasteiger partial charge in [0, 0.05) is 49.7 Å². The zero-order chi connectivity index (χ0) is 25.8. The summed E-state index contributed by atoms with van der Waals surface area (Å²) >= 11 is 0. The van der Waals surface area contributed by atoms with Crippen LogP contribution < -0.4 is 10.5 Å². The number of pyridine rings is 1. The van der Waals surface area contributed by atoms with Crippen LogP contribution >= 0.6 is 0 Å². The van der Waals surface area contributed by atoms with E-state index in [4.69, 9.17) is 10.7 Å². The Labute approximate surface area is 210 Å². The number of amides is 1. The van der Waals surface area contributed by atoms with Crippen molar-refractivity contribution >= 4 is 28.0 Å². The van der Waals surface area contributed by atoms with E-state index >= 15 is 4.39 Å². The van der Waals surface area contributed by atoms with Crippen LogP contribution in [0.15, 0.2) is 30.3 Å². The van der Waals surface area contributed by atoms with Crippen molar-refractivity contribution < 1.29 is 22.7 Å². The molecule has 4 aromatic rings. The van der Waals surface area contributed by atoms with Crippen LogP contribution in [0, 0.1) is 11.7 Å². The molecule has 1 saturated carbocycles. The Morgan fingerprint density at radius 3 is 2.73 bits per heavy atom. The minimum absolute atomic E-state index is 0.0821. The summed E-state index contributed by atoms with van der Waals surface area (Å²) in [5, 5.41) is 0.738. The normalized spacial score (nSPS) is 18.3. The number of aromatic nitrogens is 4. The molecule has 6 rings (SSSR count). The van der Waals surface area contributed by atoms with Gasteiger partial charge in [-0.25, -0.2) is 9.37 Å². The van der Waals surface area contributed by atoms with Crippen LogP contribution in [-0.2, 0) is 13.6 Å². The number of fused-ring (bicyclic) bond motifs is 2. The summed E-state index contributed by atoms with van der Waals surface area (Å²) in [7, 11) is 1.72. The lowest BCUT2D eigenvalue weighted by molar-refractivity contribution is -0.0526. The highest BCUT2D eigenvalue weighted by atomic mass is 19.3. The molecule has 1 amide bonds. The number of alkyl halides is 2. The predicted molar refractivity (Wildman–Crippen MR) is 132 cm³/mol. The van der Waals surface area contributed by atoms with Crippen molar-refractivity contribution in [1.29, 1.82) is 0 Å². The van der Waals surface area contributed by atoms with Crippen LogP contribution in [0.2, 0.25) is 0 Å². The van der Waals surface area contributed by atoms with Crippen LogP contribution in [-0.4, -0.2) is 55.7 Å². The van der Waals surface area contributed by atoms with Crippen LogP contribution in [0.3, 0.4) is 0 Å². The van der Waals surface area contributed by atoms with E-state index in [0.717, 1.165) is 31.1 Å². The number of piperidine rings is 1. The Morgan fingerprint density at radius 2 is 2.00 bits per heavy atom. The highest BCUT2D eigenvalue weighted by molar-refractivity contribution is 5.98. The smallest absolute Gasteiger partial charge is 0.388 e. The number of carbonyl (C=O) groups is 1. The monoisotopic (exact) mass is 512 g/mol. The van der Waals surface area contributed by atoms with Crippen molar-refractivity contribution in [2.24, 2.45) is 18.7 Å². The van der Waals surface area contributed by atoms with E-state index in [1.807, 2.05) is 10.6 Å². The second-order valence-corrected chi connectivity index (χ2v) is 10.00. The van der Waals surface area contributed by atoms with Gasteiger partial charge < -0.3 is 24.5 Å². The lowest BCUT2D eigenvalue weighted by Gasteiger charge is -2.30. The number of hydrogen-bond acceptors (Lipinski definition) is 5. The fourth-order valence-electron chi connectivity index (χ4n) is 5.22. The quantitative estimate of drug-likeness (QED) is 0.416. The molecular formula is C26H27F3N6O2. The molecule has 0 bridgehead atoms. The summed E-state index contributed by atoms with van der Waals surface area (Å²) in [6.45, 7) is -1.31. The number of nitrogens with zero attached hydrogens (tertiary/aromatic N) is 5. The molecule has 4 heterocycles. The first-order valence-electron chi connectivity index (χ1n) is 12.4. The minimum atomic E-state index is -2.98. The Morgan fingerprint density at radius 1 is 1.19 bits per heavy atom. The van der Waals surface area contributed by atoms with E-state index in [1.165, 1.54) is 12.1 Å². The maximum absolute atomic E-state index is 15.4. The Balaban J connectivity index is 1.44. The predicted octanol–water partition coefficient (Wildman–Crippen LogP) is 4.30. The molecular weight excluding hydrogens is 485 g/mol. The van der Waals surface area contributed by atoms with E-state index in [1.54, 1.807) is 28.6 Å². The SMILES string of the molecule is Cn1c(-c2cc3ccc(OC(F)F)nc3n2CC2CC2)nc2cc(C(=O)N3CCCC(N)C3)cc(F)c21. The van der Waals surface area contributed by atoms with Gasteiger partial charge in [0.05, 0.1) is 11.2 Å². The lowest BCUT2D eigenvalue weighted by Crippen LogP contribution is -2.45. The molecule has 194 valence electrons. The van der Waals surface area contributed by atoms with E-state index < -0.39 is 12.4 Å². The Hall–Kier alpha value is -3.60. The molecule has 0 radical (unpaired) electrons. The largest absolute Gasteiger partial charge is 0.417 e. The molecule has 1 unspecified atom stereocenters. The van der Waals surface area contributed by atoms with Gasteiger partial charge in [0.25, 0.3) is 5.91 Å². The fraction of sp³-hybridized carbons (Fsp3) is 0.423. The van der Waals surface area contributed by atoms with Crippen molar-refractivity contribution in [2.45, 2.75) is 44.9 Å². The summed E-state index contributed by atoms with van der Waals surface area (Å²) in [6.07, 6.45) is 3.81. The highest BCUT2D eigenvalue weighted by Gasteiger charge is 2.28. The lowest BCUT2D eigenvalue weighted by atomic mass is 10.0. The second kappa shape index (κ2) is 9.05. The van der Waals surface area contributed by atoms with Crippen molar-refractivity contribution in [1.82, 2.24) is 24.0 Å². The molecule has 1 saturated heterocycles. The maximum atomic E-state index is 15.4. The van der Waals surface area contributed by atoms with Gasteiger partial charge in [-0.15, -0.1) is 0 Å². The molecule has 8 nitrogen and oxygen atoms in total. The molecule has 2 aliphatic rings. The van der Waals surface area contributed by atoms with Gasteiger partial charge in [0.2, 0.25) is 5.88 Å². The van der Waals surface area contributed by atoms with Gasteiger partial charge in [-0.05, 0) is 55.9 Å². The number of carbonyl (C=O) groups excluding carboxylic acids is 1. The third-order valence-electron chi connectivity index (χ3n) is 7.21. The molecule has 3 aromatic heterocycles. The second-order valence-electron chi connectivity index (χ2n) is 10.00. The molecule has 11 heteroatoms. The standard InChI is InChI=1S/C26H27F3N6O2/c1-33-22-18(27)9-16(25(36)34-8-2-3-17(30)13-34)10-19(22)31-24(33)20-11-15-6-7-21(37-26(28)29)32-23(15)35(20)12-14-4-5-14/h6-7,9-11,14,17,26H,2-5,8,12-13,30H2,1H3. The third kappa shape index (κ3) is 4.41. The molecule has 1 aliphatic carbocycles. The molecule has 1 atom stereocenters. The van der Waals surface area contributed by atoms with E-state index in [2.05, 4.69) is 9.72 Å². The van der Waals surface area contributed by atoms with Crippen LogP contribution in [0.25, 0.3) is 33.6 Å². The first-order chi connectivity index (χ1) is 17.8. The molecule has 2 fully saturated rings. The van der Waals surface area contributed by atoms with E-state index in [0.29, 0.717) is 48.2 Å². The number of nitrogens with two attached hydrogens (primary N) is 1. The topological polar surface area (TPSA) is 91.2 Å². The van der Waals surface area contributed by atoms with Gasteiger partial charge in [-0.1, -0.05) is 0 Å². The Bertz CT molecular complexity index is 1510. The first kappa shape index (κ1) is 23.8. The number of hydrogen-bond donors (Lipinski definition) is 1. The number of rotatable bonds is 6. The van der Waals surface area contributed by atoms with E-state index in [9.17, 15) is 13.6 Å². The van der Waals surface area contributed by atoms with Gasteiger partial charge in [-0.2, -0.15) is 13.8 Å². The van der Waals surface area contributed by atoms with Crippen molar-refractivity contribution in [2.75, 3.05) is 13.1 Å². The van der Waals surface area contributed by atoms with Crippen LogP contribution in [0.5, 0.6) is 5.88 Å². The van der Waals surface area contributed by atoms with Gasteiger partial charge in [0.15, 0.2) is 5.82 Å². The number of halogens is 3. The van der Waals surface area contributed by atoms with Crippen LogP contribution in [0.4, 0.5) is 13.2 Å². The maximum Gasteiger partial charge on any atom is 0.388 e. The summed E-state index contributed by atoms with van der Waals surface area (Å²) in [6, 6.07) is 7.74. The van der Waals surface area contributed by atoms with Crippen molar-refractivity contribution in [3.8, 4) is 17.4 Å². The van der Waals surface area contributed by atoms with Crippen molar-refractivity contribution in [3.05, 3.63) is 41.7 Å². The third-order valence-corrected chi connectivity index (χ3v) is 7.21. The first-order valence-corrected chi connectivity index (χ1v) is 12.4. The number of ether oxygens (including phenoxy) is 1. The molecule has 1 aromatic carbocycles. The summed E-state index contributed by atoms with van der Waals surface area (Å²) < 4.78 is 49.1.